The zero-order valence-electron chi connectivity index (χ0n) is 8.31. The van der Waals surface area contributed by atoms with Crippen LogP contribution in [0.3, 0.4) is 0 Å². The second-order valence-corrected chi connectivity index (χ2v) is 4.67. The van der Waals surface area contributed by atoms with E-state index in [1.165, 1.54) is 0 Å². The van der Waals surface area contributed by atoms with E-state index in [1.54, 1.807) is 0 Å². The maximum atomic E-state index is 11.5. The van der Waals surface area contributed by atoms with E-state index in [2.05, 4.69) is 20.4 Å². The lowest BCUT2D eigenvalue weighted by Gasteiger charge is -2.02. The van der Waals surface area contributed by atoms with Crippen LogP contribution in [-0.2, 0) is 4.79 Å². The van der Waals surface area contributed by atoms with Gasteiger partial charge in [-0.2, -0.15) is 0 Å². The summed E-state index contributed by atoms with van der Waals surface area (Å²) in [5.74, 6) is 0.778. The minimum absolute atomic E-state index is 0.298. The highest BCUT2D eigenvalue weighted by Crippen LogP contribution is 2.52. The third-order valence-electron chi connectivity index (χ3n) is 2.70. The number of carbonyl (C=O) groups is 1. The van der Waals surface area contributed by atoms with Gasteiger partial charge in [0.25, 0.3) is 0 Å². The molecule has 0 saturated heterocycles. The van der Waals surface area contributed by atoms with Gasteiger partial charge in [-0.15, -0.1) is 6.58 Å². The molecule has 0 radical (unpaired) electrons. The Kier molecular flexibility index (Phi) is 2.41. The smallest absolute Gasteiger partial charge is 0.136 e. The lowest BCUT2D eigenvalue weighted by Crippen LogP contribution is -2.05. The van der Waals surface area contributed by atoms with Gasteiger partial charge in [0.15, 0.2) is 0 Å². The maximum Gasteiger partial charge on any atom is 0.136 e. The van der Waals surface area contributed by atoms with Crippen LogP contribution in [-0.4, -0.2) is 5.78 Å². The molecule has 0 spiro atoms. The first kappa shape index (κ1) is 9.50. The van der Waals surface area contributed by atoms with Crippen molar-refractivity contribution in [2.24, 2.45) is 11.3 Å². The molecule has 0 amide bonds. The summed E-state index contributed by atoms with van der Waals surface area (Å²) in [6, 6.07) is 0. The van der Waals surface area contributed by atoms with E-state index in [0.29, 0.717) is 23.5 Å². The summed E-state index contributed by atoms with van der Waals surface area (Å²) in [5.41, 5.74) is 1.41. The molecule has 0 aromatic carbocycles. The second-order valence-electron chi connectivity index (χ2n) is 4.67. The number of allylic oxidation sites excluding steroid dienone is 1. The van der Waals surface area contributed by atoms with Gasteiger partial charge in [0.05, 0.1) is 0 Å². The van der Waals surface area contributed by atoms with E-state index >= 15 is 0 Å². The van der Waals surface area contributed by atoms with Crippen molar-refractivity contribution in [2.75, 3.05) is 0 Å². The van der Waals surface area contributed by atoms with Crippen LogP contribution in [0.2, 0.25) is 0 Å². The third kappa shape index (κ3) is 2.20. The Morgan fingerprint density at radius 3 is 2.33 bits per heavy atom. The molecule has 0 heterocycles. The van der Waals surface area contributed by atoms with Gasteiger partial charge in [0.1, 0.15) is 5.78 Å². The molecule has 0 aliphatic heterocycles. The van der Waals surface area contributed by atoms with Crippen molar-refractivity contribution in [2.45, 2.75) is 40.0 Å². The lowest BCUT2D eigenvalue weighted by atomic mass is 10.0. The molecule has 68 valence electrons. The zero-order chi connectivity index (χ0) is 9.35. The number of carbonyl (C=O) groups excluding carboxylic acids is 1. The standard InChI is InChI=1S/C11H18O/c1-8(2)5-6-10(12)9-7-11(9,3)4/h9H,1,5-7H2,2-4H3. The number of hydrogen-bond acceptors (Lipinski definition) is 1. The van der Waals surface area contributed by atoms with Crippen LogP contribution < -0.4 is 0 Å². The van der Waals surface area contributed by atoms with Crippen LogP contribution >= 0.6 is 0 Å². The first-order chi connectivity index (χ1) is 5.43. The van der Waals surface area contributed by atoms with Crippen molar-refractivity contribution >= 4 is 5.78 Å². The van der Waals surface area contributed by atoms with Crippen molar-refractivity contribution in [3.05, 3.63) is 12.2 Å². The zero-order valence-corrected chi connectivity index (χ0v) is 8.31. The van der Waals surface area contributed by atoms with Crippen molar-refractivity contribution < 1.29 is 4.79 Å². The summed E-state index contributed by atoms with van der Waals surface area (Å²) in [7, 11) is 0. The molecular weight excluding hydrogens is 148 g/mol. The average Bonchev–Trinajstić information content (AvgIpc) is 2.55. The Bertz CT molecular complexity index is 213. The minimum Gasteiger partial charge on any atom is -0.299 e. The molecule has 0 aromatic rings. The monoisotopic (exact) mass is 166 g/mol. The van der Waals surface area contributed by atoms with Crippen molar-refractivity contribution in [1.82, 2.24) is 0 Å². The molecule has 1 heteroatoms. The minimum atomic E-state index is 0.298. The lowest BCUT2D eigenvalue weighted by molar-refractivity contribution is -0.120. The SMILES string of the molecule is C=C(C)CCC(=O)C1CC1(C)C. The first-order valence-corrected chi connectivity index (χ1v) is 4.60. The van der Waals surface area contributed by atoms with Gasteiger partial charge in [-0.25, -0.2) is 0 Å². The molecular formula is C11H18O. The van der Waals surface area contributed by atoms with Gasteiger partial charge >= 0.3 is 0 Å². The summed E-state index contributed by atoms with van der Waals surface area (Å²) in [6.45, 7) is 10.1. The topological polar surface area (TPSA) is 17.1 Å². The molecule has 12 heavy (non-hydrogen) atoms. The molecule has 1 aliphatic carbocycles. The normalized spacial score (nSPS) is 25.1. The molecule has 1 aliphatic rings. The van der Waals surface area contributed by atoms with Crippen LogP contribution in [0.5, 0.6) is 0 Å². The van der Waals surface area contributed by atoms with E-state index in [0.717, 1.165) is 18.4 Å². The highest BCUT2D eigenvalue weighted by molar-refractivity contribution is 5.84. The summed E-state index contributed by atoms with van der Waals surface area (Å²) in [6.07, 6.45) is 2.65. The molecule has 1 unspecified atom stereocenters. The van der Waals surface area contributed by atoms with E-state index in [4.69, 9.17) is 0 Å². The van der Waals surface area contributed by atoms with Gasteiger partial charge < -0.3 is 0 Å². The number of Topliss-reactive ketones (excluding diaryl/α,β-unsaturated/α-hetero) is 1. The number of hydrogen-bond donors (Lipinski definition) is 0. The number of rotatable bonds is 4. The fourth-order valence-electron chi connectivity index (χ4n) is 1.53. The average molecular weight is 166 g/mol. The summed E-state index contributed by atoms with van der Waals surface area (Å²) < 4.78 is 0. The Labute approximate surface area is 74.9 Å². The first-order valence-electron chi connectivity index (χ1n) is 4.60. The Morgan fingerprint density at radius 1 is 1.50 bits per heavy atom. The molecule has 1 rings (SSSR count). The van der Waals surface area contributed by atoms with E-state index in [-0.39, 0.29) is 0 Å². The Hall–Kier alpha value is -0.590. The van der Waals surface area contributed by atoms with Crippen molar-refractivity contribution in [3.8, 4) is 0 Å². The molecule has 0 bridgehead atoms. The van der Waals surface area contributed by atoms with E-state index < -0.39 is 0 Å². The quantitative estimate of drug-likeness (QED) is 0.587. The number of ketones is 1. The van der Waals surface area contributed by atoms with Gasteiger partial charge in [0.2, 0.25) is 0 Å². The predicted molar refractivity (Wildman–Crippen MR) is 50.9 cm³/mol. The molecule has 1 atom stereocenters. The fraction of sp³-hybridized carbons (Fsp3) is 0.727. The van der Waals surface area contributed by atoms with E-state index in [9.17, 15) is 4.79 Å². The van der Waals surface area contributed by atoms with E-state index in [1.807, 2.05) is 6.92 Å². The highest BCUT2D eigenvalue weighted by Gasteiger charge is 2.49. The van der Waals surface area contributed by atoms with Crippen LogP contribution in [0.4, 0.5) is 0 Å². The fourth-order valence-corrected chi connectivity index (χ4v) is 1.53. The van der Waals surface area contributed by atoms with Gasteiger partial charge in [-0.05, 0) is 25.2 Å². The molecule has 1 nitrogen and oxygen atoms in total. The molecule has 1 fully saturated rings. The van der Waals surface area contributed by atoms with Gasteiger partial charge in [0, 0.05) is 12.3 Å². The molecule has 0 aromatic heterocycles. The van der Waals surface area contributed by atoms with Crippen LogP contribution in [0, 0.1) is 11.3 Å². The largest absolute Gasteiger partial charge is 0.299 e. The Morgan fingerprint density at radius 2 is 2.00 bits per heavy atom. The molecule has 0 N–H and O–H groups in total. The highest BCUT2D eigenvalue weighted by atomic mass is 16.1. The molecule has 1 saturated carbocycles. The van der Waals surface area contributed by atoms with Crippen LogP contribution in [0.25, 0.3) is 0 Å². The second kappa shape index (κ2) is 3.04. The van der Waals surface area contributed by atoms with Crippen molar-refractivity contribution in [3.63, 3.8) is 0 Å². The summed E-state index contributed by atoms with van der Waals surface area (Å²) in [5, 5.41) is 0. The maximum absolute atomic E-state index is 11.5. The predicted octanol–water partition coefficient (Wildman–Crippen LogP) is 2.96. The van der Waals surface area contributed by atoms with Crippen LogP contribution in [0.1, 0.15) is 40.0 Å². The van der Waals surface area contributed by atoms with Gasteiger partial charge in [-0.1, -0.05) is 19.4 Å². The Balaban J connectivity index is 2.27. The van der Waals surface area contributed by atoms with Gasteiger partial charge in [-0.3, -0.25) is 4.79 Å². The van der Waals surface area contributed by atoms with Crippen molar-refractivity contribution in [1.29, 1.82) is 0 Å². The van der Waals surface area contributed by atoms with Crippen LogP contribution in [0.15, 0.2) is 12.2 Å². The summed E-state index contributed by atoms with van der Waals surface area (Å²) >= 11 is 0. The summed E-state index contributed by atoms with van der Waals surface area (Å²) in [4.78, 5) is 11.5. The third-order valence-corrected chi connectivity index (χ3v) is 2.70.